The molecule has 2 aromatic rings. The molecule has 0 fully saturated rings. The van der Waals surface area contributed by atoms with Crippen LogP contribution in [0.1, 0.15) is 39.2 Å². The average Bonchev–Trinajstić information content (AvgIpc) is 2.67. The molecule has 2 nitrogen and oxygen atoms in total. The molecule has 2 rings (SSSR count). The van der Waals surface area contributed by atoms with Crippen molar-refractivity contribution < 1.29 is 0 Å². The van der Waals surface area contributed by atoms with Crippen molar-refractivity contribution >= 4 is 22.8 Å². The maximum atomic E-state index is 4.27. The van der Waals surface area contributed by atoms with Crippen LogP contribution in [0.3, 0.4) is 0 Å². The van der Waals surface area contributed by atoms with Crippen LogP contribution in [0.25, 0.3) is 11.0 Å². The highest BCUT2D eigenvalue weighted by Crippen LogP contribution is 2.23. The van der Waals surface area contributed by atoms with Crippen LogP contribution in [-0.4, -0.2) is 8.75 Å². The van der Waals surface area contributed by atoms with E-state index in [9.17, 15) is 0 Å². The number of hydrogen-bond acceptors (Lipinski definition) is 3. The van der Waals surface area contributed by atoms with E-state index in [0.717, 1.165) is 11.0 Å². The SMILES string of the molecule is CC.CC(C)c1cccc2nsnc12. The summed E-state index contributed by atoms with van der Waals surface area (Å²) in [4.78, 5) is 0. The van der Waals surface area contributed by atoms with Crippen LogP contribution in [-0.2, 0) is 0 Å². The monoisotopic (exact) mass is 208 g/mol. The lowest BCUT2D eigenvalue weighted by Crippen LogP contribution is -1.87. The predicted molar refractivity (Wildman–Crippen MR) is 62.9 cm³/mol. The van der Waals surface area contributed by atoms with Gasteiger partial charge in [0, 0.05) is 0 Å². The second-order valence-electron chi connectivity index (χ2n) is 3.13. The lowest BCUT2D eigenvalue weighted by molar-refractivity contribution is 0.874. The molecule has 76 valence electrons. The van der Waals surface area contributed by atoms with Gasteiger partial charge in [-0.2, -0.15) is 8.75 Å². The van der Waals surface area contributed by atoms with Gasteiger partial charge in [-0.1, -0.05) is 39.8 Å². The fraction of sp³-hybridized carbons (Fsp3) is 0.455. The summed E-state index contributed by atoms with van der Waals surface area (Å²) >= 11 is 1.28. The molecule has 0 N–H and O–H groups in total. The van der Waals surface area contributed by atoms with Crippen LogP contribution in [0.4, 0.5) is 0 Å². The van der Waals surface area contributed by atoms with Gasteiger partial charge in [-0.25, -0.2) is 0 Å². The van der Waals surface area contributed by atoms with Crippen molar-refractivity contribution in [3.05, 3.63) is 23.8 Å². The summed E-state index contributed by atoms with van der Waals surface area (Å²) in [7, 11) is 0. The van der Waals surface area contributed by atoms with Crippen LogP contribution >= 0.6 is 11.7 Å². The highest BCUT2D eigenvalue weighted by Gasteiger charge is 2.06. The van der Waals surface area contributed by atoms with Gasteiger partial charge in [-0.15, -0.1) is 0 Å². The van der Waals surface area contributed by atoms with Gasteiger partial charge in [0.2, 0.25) is 0 Å². The molecule has 0 aliphatic rings. The van der Waals surface area contributed by atoms with Crippen molar-refractivity contribution in [2.24, 2.45) is 0 Å². The van der Waals surface area contributed by atoms with Gasteiger partial charge in [0.1, 0.15) is 11.0 Å². The molecule has 1 aromatic carbocycles. The Morgan fingerprint density at radius 3 is 2.50 bits per heavy atom. The molecule has 1 aromatic heterocycles. The van der Waals surface area contributed by atoms with Crippen LogP contribution in [0, 0.1) is 0 Å². The smallest absolute Gasteiger partial charge is 0.108 e. The highest BCUT2D eigenvalue weighted by molar-refractivity contribution is 7.00. The summed E-state index contributed by atoms with van der Waals surface area (Å²) in [6.07, 6.45) is 0. The van der Waals surface area contributed by atoms with Crippen molar-refractivity contribution in [1.29, 1.82) is 0 Å². The third kappa shape index (κ3) is 2.10. The molecule has 0 bridgehead atoms. The molecule has 3 heteroatoms. The summed E-state index contributed by atoms with van der Waals surface area (Å²) in [6, 6.07) is 6.16. The van der Waals surface area contributed by atoms with Crippen LogP contribution in [0.2, 0.25) is 0 Å². The molecular weight excluding hydrogens is 192 g/mol. The topological polar surface area (TPSA) is 25.8 Å². The Labute approximate surface area is 89.3 Å². The van der Waals surface area contributed by atoms with Crippen molar-refractivity contribution in [2.45, 2.75) is 33.6 Å². The normalized spacial score (nSPS) is 10.1. The van der Waals surface area contributed by atoms with Gasteiger partial charge in [0.15, 0.2) is 0 Å². The molecule has 0 atom stereocenters. The van der Waals surface area contributed by atoms with Gasteiger partial charge >= 0.3 is 0 Å². The molecule has 0 spiro atoms. The summed E-state index contributed by atoms with van der Waals surface area (Å²) in [5, 5.41) is 0. The number of aromatic nitrogens is 2. The number of hydrogen-bond donors (Lipinski definition) is 0. The third-order valence-electron chi connectivity index (χ3n) is 1.94. The van der Waals surface area contributed by atoms with E-state index in [-0.39, 0.29) is 0 Å². The quantitative estimate of drug-likeness (QED) is 0.711. The number of nitrogens with zero attached hydrogens (tertiary/aromatic N) is 2. The summed E-state index contributed by atoms with van der Waals surface area (Å²) < 4.78 is 8.46. The third-order valence-corrected chi connectivity index (χ3v) is 2.48. The van der Waals surface area contributed by atoms with Crippen LogP contribution in [0.5, 0.6) is 0 Å². The molecule has 0 aliphatic heterocycles. The number of fused-ring (bicyclic) bond motifs is 1. The van der Waals surface area contributed by atoms with Gasteiger partial charge in [0.05, 0.1) is 11.7 Å². The average molecular weight is 208 g/mol. The molecular formula is C11H16N2S. The largest absolute Gasteiger partial charge is 0.173 e. The fourth-order valence-electron chi connectivity index (χ4n) is 1.29. The zero-order valence-electron chi connectivity index (χ0n) is 9.11. The Bertz CT molecular complexity index is 393. The second-order valence-corrected chi connectivity index (χ2v) is 3.66. The molecule has 0 saturated carbocycles. The zero-order valence-corrected chi connectivity index (χ0v) is 9.93. The van der Waals surface area contributed by atoms with Crippen molar-refractivity contribution in [3.8, 4) is 0 Å². The van der Waals surface area contributed by atoms with E-state index in [1.165, 1.54) is 17.3 Å². The van der Waals surface area contributed by atoms with E-state index >= 15 is 0 Å². The van der Waals surface area contributed by atoms with E-state index in [1.54, 1.807) is 0 Å². The van der Waals surface area contributed by atoms with E-state index in [2.05, 4.69) is 28.7 Å². The molecule has 0 radical (unpaired) electrons. The van der Waals surface area contributed by atoms with Gasteiger partial charge in [-0.3, -0.25) is 0 Å². The van der Waals surface area contributed by atoms with E-state index in [4.69, 9.17) is 0 Å². The van der Waals surface area contributed by atoms with E-state index in [0.29, 0.717) is 5.92 Å². The Balaban J connectivity index is 0.000000461. The lowest BCUT2D eigenvalue weighted by atomic mass is 10.0. The Hall–Kier alpha value is -0.960. The zero-order chi connectivity index (χ0) is 10.6. The van der Waals surface area contributed by atoms with Crippen molar-refractivity contribution in [1.82, 2.24) is 8.75 Å². The number of benzene rings is 1. The Morgan fingerprint density at radius 2 is 1.86 bits per heavy atom. The summed E-state index contributed by atoms with van der Waals surface area (Å²) in [5.41, 5.74) is 3.38. The molecule has 0 aliphatic carbocycles. The fourth-order valence-corrected chi connectivity index (χ4v) is 1.85. The maximum absolute atomic E-state index is 4.27. The first-order chi connectivity index (χ1) is 6.79. The van der Waals surface area contributed by atoms with Gasteiger partial charge in [-0.05, 0) is 17.5 Å². The Morgan fingerprint density at radius 1 is 1.14 bits per heavy atom. The number of rotatable bonds is 1. The van der Waals surface area contributed by atoms with Gasteiger partial charge < -0.3 is 0 Å². The standard InChI is InChI=1S/C9H10N2S.C2H6/c1-6(2)7-4-3-5-8-9(7)11-12-10-8;1-2/h3-6H,1-2H3;1-2H3. The molecule has 0 amide bonds. The minimum absolute atomic E-state index is 0.526. The molecule has 14 heavy (non-hydrogen) atoms. The predicted octanol–water partition coefficient (Wildman–Crippen LogP) is 3.84. The van der Waals surface area contributed by atoms with E-state index < -0.39 is 0 Å². The maximum Gasteiger partial charge on any atom is 0.108 e. The van der Waals surface area contributed by atoms with Crippen molar-refractivity contribution in [3.63, 3.8) is 0 Å². The minimum atomic E-state index is 0.526. The Kier molecular flexibility index (Phi) is 4.01. The second kappa shape index (κ2) is 5.05. The molecule has 0 saturated heterocycles. The van der Waals surface area contributed by atoms with Gasteiger partial charge in [0.25, 0.3) is 0 Å². The summed E-state index contributed by atoms with van der Waals surface area (Å²) in [5.74, 6) is 0.526. The minimum Gasteiger partial charge on any atom is -0.173 e. The highest BCUT2D eigenvalue weighted by atomic mass is 32.1. The lowest BCUT2D eigenvalue weighted by Gasteiger charge is -2.03. The first-order valence-electron chi connectivity index (χ1n) is 5.00. The van der Waals surface area contributed by atoms with Crippen molar-refractivity contribution in [2.75, 3.05) is 0 Å². The van der Waals surface area contributed by atoms with Crippen LogP contribution < -0.4 is 0 Å². The first kappa shape index (κ1) is 11.1. The van der Waals surface area contributed by atoms with Crippen LogP contribution in [0.15, 0.2) is 18.2 Å². The summed E-state index contributed by atoms with van der Waals surface area (Å²) in [6.45, 7) is 8.35. The first-order valence-corrected chi connectivity index (χ1v) is 5.73. The van der Waals surface area contributed by atoms with E-state index in [1.807, 2.05) is 26.0 Å². The molecule has 1 heterocycles. The molecule has 0 unspecified atom stereocenters.